The molecule has 1 atom stereocenters. The van der Waals surface area contributed by atoms with Gasteiger partial charge in [-0.1, -0.05) is 19.4 Å². The Balaban J connectivity index is 2.43. The molecule has 0 spiro atoms. The lowest BCUT2D eigenvalue weighted by molar-refractivity contribution is -0.126. The number of nitrogens with one attached hydrogen (secondary N) is 1. The van der Waals surface area contributed by atoms with Crippen molar-refractivity contribution in [3.63, 3.8) is 0 Å². The van der Waals surface area contributed by atoms with Crippen LogP contribution in [0.25, 0.3) is 0 Å². The summed E-state index contributed by atoms with van der Waals surface area (Å²) in [4.78, 5) is 12.0. The first kappa shape index (κ1) is 18.3. The number of hydrogen-bond donors (Lipinski definition) is 2. The monoisotopic (exact) mass is 308 g/mol. The van der Waals surface area contributed by atoms with E-state index in [9.17, 15) is 4.79 Å². The molecule has 5 nitrogen and oxygen atoms in total. The van der Waals surface area contributed by atoms with Crippen molar-refractivity contribution in [2.45, 2.75) is 45.1 Å². The van der Waals surface area contributed by atoms with E-state index in [1.54, 1.807) is 21.1 Å². The first-order valence-electron chi connectivity index (χ1n) is 7.72. The summed E-state index contributed by atoms with van der Waals surface area (Å²) in [6.07, 6.45) is 3.29. The molecular formula is C17H28N2O3. The van der Waals surface area contributed by atoms with Crippen LogP contribution in [0.2, 0.25) is 0 Å². The molecule has 124 valence electrons. The minimum absolute atomic E-state index is 0.0818. The summed E-state index contributed by atoms with van der Waals surface area (Å²) >= 11 is 0. The fourth-order valence-corrected chi connectivity index (χ4v) is 2.37. The highest BCUT2D eigenvalue weighted by Crippen LogP contribution is 2.27. The third-order valence-electron chi connectivity index (χ3n) is 3.66. The highest BCUT2D eigenvalue weighted by atomic mass is 16.5. The third-order valence-corrected chi connectivity index (χ3v) is 3.66. The van der Waals surface area contributed by atoms with Crippen LogP contribution in [0, 0.1) is 0 Å². The Bertz CT molecular complexity index is 487. The number of ether oxygens (including phenoxy) is 2. The van der Waals surface area contributed by atoms with Gasteiger partial charge < -0.3 is 20.5 Å². The maximum Gasteiger partial charge on any atom is 0.239 e. The second-order valence-corrected chi connectivity index (χ2v) is 5.72. The van der Waals surface area contributed by atoms with Gasteiger partial charge in [-0.3, -0.25) is 4.79 Å². The van der Waals surface area contributed by atoms with Gasteiger partial charge in [-0.15, -0.1) is 0 Å². The largest absolute Gasteiger partial charge is 0.493 e. The first-order chi connectivity index (χ1) is 10.4. The molecule has 1 rings (SSSR count). The summed E-state index contributed by atoms with van der Waals surface area (Å²) in [5, 5.41) is 2.91. The Morgan fingerprint density at radius 1 is 1.27 bits per heavy atom. The average molecular weight is 308 g/mol. The van der Waals surface area contributed by atoms with Crippen LogP contribution >= 0.6 is 0 Å². The zero-order valence-electron chi connectivity index (χ0n) is 14.1. The predicted octanol–water partition coefficient (Wildman–Crippen LogP) is 2.27. The normalized spacial score (nSPS) is 13.3. The van der Waals surface area contributed by atoms with Gasteiger partial charge in [-0.25, -0.2) is 0 Å². The number of carbonyl (C=O) groups is 1. The quantitative estimate of drug-likeness (QED) is 0.686. The highest BCUT2D eigenvalue weighted by Gasteiger charge is 2.26. The van der Waals surface area contributed by atoms with E-state index in [0.29, 0.717) is 13.0 Å². The molecule has 0 aromatic heterocycles. The maximum atomic E-state index is 12.0. The summed E-state index contributed by atoms with van der Waals surface area (Å²) in [5.41, 5.74) is 6.36. The molecule has 0 aliphatic rings. The Morgan fingerprint density at radius 3 is 2.55 bits per heavy atom. The summed E-state index contributed by atoms with van der Waals surface area (Å²) in [6, 6.07) is 5.86. The van der Waals surface area contributed by atoms with Crippen molar-refractivity contribution in [1.29, 1.82) is 0 Å². The number of nitrogens with two attached hydrogens (primary N) is 1. The van der Waals surface area contributed by atoms with Crippen LogP contribution in [0.3, 0.4) is 0 Å². The van der Waals surface area contributed by atoms with Crippen LogP contribution in [-0.2, 0) is 11.2 Å². The average Bonchev–Trinajstić information content (AvgIpc) is 2.50. The van der Waals surface area contributed by atoms with Gasteiger partial charge >= 0.3 is 0 Å². The molecule has 0 heterocycles. The number of aryl methyl sites for hydroxylation is 1. The van der Waals surface area contributed by atoms with E-state index in [1.165, 1.54) is 0 Å². The molecule has 0 aliphatic heterocycles. The summed E-state index contributed by atoms with van der Waals surface area (Å²) in [5.74, 6) is 1.36. The van der Waals surface area contributed by atoms with Gasteiger partial charge in [0.2, 0.25) is 5.91 Å². The molecule has 0 saturated carbocycles. The zero-order chi connectivity index (χ0) is 16.6. The molecule has 0 aliphatic carbocycles. The van der Waals surface area contributed by atoms with Crippen molar-refractivity contribution in [2.24, 2.45) is 5.73 Å². The van der Waals surface area contributed by atoms with Crippen molar-refractivity contribution >= 4 is 5.91 Å². The maximum absolute atomic E-state index is 12.0. The van der Waals surface area contributed by atoms with Crippen LogP contribution in [-0.4, -0.2) is 32.2 Å². The van der Waals surface area contributed by atoms with Crippen LogP contribution in [0.15, 0.2) is 18.2 Å². The van der Waals surface area contributed by atoms with Crippen LogP contribution < -0.4 is 20.5 Å². The van der Waals surface area contributed by atoms with Crippen LogP contribution in [0.1, 0.15) is 38.7 Å². The van der Waals surface area contributed by atoms with Gasteiger partial charge in [0.1, 0.15) is 0 Å². The van der Waals surface area contributed by atoms with Gasteiger partial charge in [0.25, 0.3) is 0 Å². The summed E-state index contributed by atoms with van der Waals surface area (Å²) < 4.78 is 10.5. The molecule has 22 heavy (non-hydrogen) atoms. The van der Waals surface area contributed by atoms with Crippen LogP contribution in [0.4, 0.5) is 0 Å². The topological polar surface area (TPSA) is 73.6 Å². The summed E-state index contributed by atoms with van der Waals surface area (Å²) in [6.45, 7) is 4.42. The van der Waals surface area contributed by atoms with E-state index < -0.39 is 5.54 Å². The van der Waals surface area contributed by atoms with E-state index in [1.807, 2.05) is 25.1 Å². The minimum Gasteiger partial charge on any atom is -0.493 e. The Labute approximate surface area is 133 Å². The second kappa shape index (κ2) is 8.63. The van der Waals surface area contributed by atoms with Crippen molar-refractivity contribution in [1.82, 2.24) is 5.32 Å². The molecule has 0 saturated heterocycles. The highest BCUT2D eigenvalue weighted by molar-refractivity contribution is 5.85. The lowest BCUT2D eigenvalue weighted by atomic mass is 9.96. The smallest absolute Gasteiger partial charge is 0.239 e. The van der Waals surface area contributed by atoms with Crippen molar-refractivity contribution in [3.8, 4) is 11.5 Å². The number of carbonyl (C=O) groups excluding carboxylic acids is 1. The zero-order valence-corrected chi connectivity index (χ0v) is 14.1. The first-order valence-corrected chi connectivity index (χ1v) is 7.72. The van der Waals surface area contributed by atoms with E-state index in [-0.39, 0.29) is 5.91 Å². The molecule has 3 N–H and O–H groups in total. The van der Waals surface area contributed by atoms with Crippen molar-refractivity contribution in [2.75, 3.05) is 20.8 Å². The third kappa shape index (κ3) is 5.22. The van der Waals surface area contributed by atoms with Gasteiger partial charge in [0.05, 0.1) is 19.8 Å². The predicted molar refractivity (Wildman–Crippen MR) is 88.4 cm³/mol. The molecule has 5 heteroatoms. The fraction of sp³-hybridized carbons (Fsp3) is 0.588. The molecule has 0 bridgehead atoms. The van der Waals surface area contributed by atoms with Gasteiger partial charge in [0.15, 0.2) is 11.5 Å². The lowest BCUT2D eigenvalue weighted by Crippen LogP contribution is -2.51. The number of methoxy groups -OCH3 is 2. The lowest BCUT2D eigenvalue weighted by Gasteiger charge is -2.22. The number of amides is 1. The molecule has 1 unspecified atom stereocenters. The number of benzene rings is 1. The van der Waals surface area contributed by atoms with E-state index >= 15 is 0 Å². The van der Waals surface area contributed by atoms with Crippen molar-refractivity contribution < 1.29 is 14.3 Å². The van der Waals surface area contributed by atoms with Gasteiger partial charge in [-0.2, -0.15) is 0 Å². The molecule has 1 amide bonds. The van der Waals surface area contributed by atoms with Crippen molar-refractivity contribution in [3.05, 3.63) is 23.8 Å². The van der Waals surface area contributed by atoms with Gasteiger partial charge in [-0.05, 0) is 43.9 Å². The molecule has 0 radical (unpaired) electrons. The van der Waals surface area contributed by atoms with Gasteiger partial charge in [0, 0.05) is 6.54 Å². The Hall–Kier alpha value is -1.75. The van der Waals surface area contributed by atoms with E-state index in [2.05, 4.69) is 5.32 Å². The molecule has 0 fully saturated rings. The Kier molecular flexibility index (Phi) is 7.18. The Morgan fingerprint density at radius 2 is 1.95 bits per heavy atom. The van der Waals surface area contributed by atoms with E-state index in [0.717, 1.165) is 36.3 Å². The standard InChI is InChI=1S/C17H28N2O3/c1-5-10-17(2,18)16(20)19-11-6-7-13-8-9-14(21-3)15(12-13)22-4/h8-9,12H,5-7,10-11,18H2,1-4H3,(H,19,20). The SMILES string of the molecule is CCCC(C)(N)C(=O)NCCCc1ccc(OC)c(OC)c1. The fourth-order valence-electron chi connectivity index (χ4n) is 2.37. The second-order valence-electron chi connectivity index (χ2n) is 5.72. The molecule has 1 aromatic rings. The number of hydrogen-bond acceptors (Lipinski definition) is 4. The van der Waals surface area contributed by atoms with Crippen LogP contribution in [0.5, 0.6) is 11.5 Å². The summed E-state index contributed by atoms with van der Waals surface area (Å²) in [7, 11) is 3.24. The number of rotatable bonds is 9. The molecule has 1 aromatic carbocycles. The van der Waals surface area contributed by atoms with E-state index in [4.69, 9.17) is 15.2 Å². The minimum atomic E-state index is -0.780. The molecular weight excluding hydrogens is 280 g/mol.